The summed E-state index contributed by atoms with van der Waals surface area (Å²) in [7, 11) is 0. The number of rotatable bonds is 8. The minimum absolute atomic E-state index is 0.250. The highest BCUT2D eigenvalue weighted by Crippen LogP contribution is 2.22. The minimum atomic E-state index is -0.937. The van der Waals surface area contributed by atoms with Gasteiger partial charge in [-0.25, -0.2) is 23.4 Å². The molecule has 30 heavy (non-hydrogen) atoms. The molecule has 0 amide bonds. The van der Waals surface area contributed by atoms with E-state index in [4.69, 9.17) is 4.74 Å². The first-order chi connectivity index (χ1) is 14.6. The summed E-state index contributed by atoms with van der Waals surface area (Å²) in [5, 5.41) is 8.26. The van der Waals surface area contributed by atoms with Gasteiger partial charge in [0.25, 0.3) is 0 Å². The highest BCUT2D eigenvalue weighted by atomic mass is 19.2. The van der Waals surface area contributed by atoms with Gasteiger partial charge in [0.15, 0.2) is 17.3 Å². The van der Waals surface area contributed by atoms with Crippen molar-refractivity contribution in [3.63, 3.8) is 0 Å². The molecule has 8 heteroatoms. The lowest BCUT2D eigenvalue weighted by Crippen LogP contribution is -2.17. The monoisotopic (exact) mass is 409 g/mol. The van der Waals surface area contributed by atoms with Gasteiger partial charge in [0.1, 0.15) is 12.1 Å². The first-order valence-corrected chi connectivity index (χ1v) is 9.61. The van der Waals surface area contributed by atoms with Gasteiger partial charge in [-0.1, -0.05) is 37.3 Å². The van der Waals surface area contributed by atoms with Crippen LogP contribution in [0.25, 0.3) is 16.7 Å². The molecule has 0 radical (unpaired) electrons. The molecular weight excluding hydrogens is 388 g/mol. The van der Waals surface area contributed by atoms with E-state index < -0.39 is 11.6 Å². The predicted molar refractivity (Wildman–Crippen MR) is 110 cm³/mol. The van der Waals surface area contributed by atoms with Crippen LogP contribution in [0.15, 0.2) is 61.1 Å². The van der Waals surface area contributed by atoms with E-state index in [1.807, 2.05) is 30.3 Å². The molecular formula is C22H21F2N5O. The molecule has 2 heterocycles. The Bertz CT molecular complexity index is 1130. The van der Waals surface area contributed by atoms with Crippen molar-refractivity contribution in [3.8, 4) is 5.69 Å². The van der Waals surface area contributed by atoms with E-state index in [-0.39, 0.29) is 5.92 Å². The first-order valence-electron chi connectivity index (χ1n) is 9.61. The van der Waals surface area contributed by atoms with Gasteiger partial charge in [0, 0.05) is 12.6 Å². The molecule has 1 atom stereocenters. The third-order valence-corrected chi connectivity index (χ3v) is 4.65. The molecule has 6 nitrogen and oxygen atoms in total. The maximum Gasteiger partial charge on any atom is 0.168 e. The lowest BCUT2D eigenvalue weighted by Gasteiger charge is -2.14. The number of fused-ring (bicyclic) bond motifs is 1. The van der Waals surface area contributed by atoms with Crippen LogP contribution in [0.1, 0.15) is 12.5 Å². The summed E-state index contributed by atoms with van der Waals surface area (Å²) in [6.45, 7) is 3.91. The molecule has 1 unspecified atom stereocenters. The average Bonchev–Trinajstić information content (AvgIpc) is 3.20. The normalized spacial score (nSPS) is 12.2. The fourth-order valence-electron chi connectivity index (χ4n) is 3.07. The lowest BCUT2D eigenvalue weighted by molar-refractivity contribution is 0.0955. The van der Waals surface area contributed by atoms with E-state index >= 15 is 0 Å². The molecule has 0 saturated heterocycles. The van der Waals surface area contributed by atoms with Gasteiger partial charge in [-0.2, -0.15) is 5.10 Å². The zero-order valence-electron chi connectivity index (χ0n) is 16.4. The SMILES string of the molecule is CC(CNc1ncnc2c1cnn2-c1ccc(F)c(F)c1)COCc1ccccc1. The summed E-state index contributed by atoms with van der Waals surface area (Å²) >= 11 is 0. The molecule has 0 bridgehead atoms. The van der Waals surface area contributed by atoms with Gasteiger partial charge in [0.05, 0.1) is 30.5 Å². The Labute approximate surface area is 172 Å². The number of halogens is 2. The predicted octanol–water partition coefficient (Wildman–Crippen LogP) is 4.36. The second-order valence-electron chi connectivity index (χ2n) is 7.10. The molecule has 4 rings (SSSR count). The van der Waals surface area contributed by atoms with E-state index in [0.29, 0.717) is 42.3 Å². The summed E-state index contributed by atoms with van der Waals surface area (Å²) in [6, 6.07) is 13.6. The van der Waals surface area contributed by atoms with Crippen molar-refractivity contribution in [3.05, 3.63) is 78.3 Å². The Morgan fingerprint density at radius 3 is 2.70 bits per heavy atom. The van der Waals surface area contributed by atoms with E-state index in [2.05, 4.69) is 27.3 Å². The largest absolute Gasteiger partial charge is 0.376 e. The van der Waals surface area contributed by atoms with Crippen LogP contribution in [0, 0.1) is 17.6 Å². The number of anilines is 1. The van der Waals surface area contributed by atoms with E-state index in [0.717, 1.165) is 17.7 Å². The number of benzene rings is 2. The van der Waals surface area contributed by atoms with E-state index in [1.165, 1.54) is 17.1 Å². The molecule has 2 aromatic carbocycles. The topological polar surface area (TPSA) is 64.9 Å². The number of nitrogens with one attached hydrogen (secondary N) is 1. The summed E-state index contributed by atoms with van der Waals surface area (Å²) in [6.07, 6.45) is 3.02. The number of nitrogens with zero attached hydrogens (tertiary/aromatic N) is 4. The Hall–Kier alpha value is -3.39. The van der Waals surface area contributed by atoms with Gasteiger partial charge < -0.3 is 10.1 Å². The second kappa shape index (κ2) is 8.96. The fourth-order valence-corrected chi connectivity index (χ4v) is 3.07. The van der Waals surface area contributed by atoms with Crippen LogP contribution in [0.4, 0.5) is 14.6 Å². The van der Waals surface area contributed by atoms with Crippen LogP contribution in [0.3, 0.4) is 0 Å². The molecule has 154 valence electrons. The Balaban J connectivity index is 1.41. The highest BCUT2D eigenvalue weighted by molar-refractivity contribution is 5.87. The standard InChI is InChI=1S/C22H21F2N5O/c1-15(12-30-13-16-5-3-2-4-6-16)10-25-21-18-11-28-29(22(18)27-14-26-21)17-7-8-19(23)20(24)9-17/h2-9,11,14-15H,10,12-13H2,1H3,(H,25,26,27). The van der Waals surface area contributed by atoms with Crippen LogP contribution in [0.5, 0.6) is 0 Å². The zero-order chi connectivity index (χ0) is 20.9. The molecule has 4 aromatic rings. The molecule has 0 aliphatic carbocycles. The van der Waals surface area contributed by atoms with Crippen LogP contribution >= 0.6 is 0 Å². The number of ether oxygens (including phenoxy) is 1. The van der Waals surface area contributed by atoms with Crippen molar-refractivity contribution in [2.75, 3.05) is 18.5 Å². The van der Waals surface area contributed by atoms with Crippen molar-refractivity contribution < 1.29 is 13.5 Å². The zero-order valence-corrected chi connectivity index (χ0v) is 16.4. The van der Waals surface area contributed by atoms with Crippen molar-refractivity contribution in [2.24, 2.45) is 5.92 Å². The third kappa shape index (κ3) is 4.44. The summed E-state index contributed by atoms with van der Waals surface area (Å²) in [4.78, 5) is 8.54. The molecule has 0 aliphatic rings. The van der Waals surface area contributed by atoms with Gasteiger partial charge in [-0.15, -0.1) is 0 Å². The molecule has 0 saturated carbocycles. The number of hydrogen-bond donors (Lipinski definition) is 1. The van der Waals surface area contributed by atoms with Gasteiger partial charge in [-0.3, -0.25) is 0 Å². The molecule has 0 spiro atoms. The molecule has 0 fully saturated rings. The second-order valence-corrected chi connectivity index (χ2v) is 7.10. The summed E-state index contributed by atoms with van der Waals surface area (Å²) in [5.41, 5.74) is 2.03. The highest BCUT2D eigenvalue weighted by Gasteiger charge is 2.13. The van der Waals surface area contributed by atoms with Crippen molar-refractivity contribution in [2.45, 2.75) is 13.5 Å². The molecule has 2 aromatic heterocycles. The van der Waals surface area contributed by atoms with E-state index in [1.54, 1.807) is 6.20 Å². The smallest absolute Gasteiger partial charge is 0.168 e. The fraction of sp³-hybridized carbons (Fsp3) is 0.227. The Morgan fingerprint density at radius 1 is 1.07 bits per heavy atom. The maximum atomic E-state index is 13.6. The summed E-state index contributed by atoms with van der Waals surface area (Å²) < 4.78 is 34.1. The van der Waals surface area contributed by atoms with Crippen molar-refractivity contribution in [1.29, 1.82) is 0 Å². The lowest BCUT2D eigenvalue weighted by atomic mass is 10.2. The number of aromatic nitrogens is 4. The van der Waals surface area contributed by atoms with Crippen molar-refractivity contribution >= 4 is 16.9 Å². The average molecular weight is 409 g/mol. The van der Waals surface area contributed by atoms with Gasteiger partial charge in [0.2, 0.25) is 0 Å². The Morgan fingerprint density at radius 2 is 1.90 bits per heavy atom. The van der Waals surface area contributed by atoms with E-state index in [9.17, 15) is 8.78 Å². The maximum absolute atomic E-state index is 13.6. The van der Waals surface area contributed by atoms with Gasteiger partial charge >= 0.3 is 0 Å². The molecule has 0 aliphatic heterocycles. The van der Waals surface area contributed by atoms with Crippen LogP contribution in [-0.2, 0) is 11.3 Å². The first kappa shape index (κ1) is 19.9. The van der Waals surface area contributed by atoms with Crippen molar-refractivity contribution in [1.82, 2.24) is 19.7 Å². The summed E-state index contributed by atoms with van der Waals surface area (Å²) in [5.74, 6) is -0.966. The quantitative estimate of drug-likeness (QED) is 0.469. The Kier molecular flexibility index (Phi) is 5.94. The van der Waals surface area contributed by atoms with Crippen LogP contribution in [-0.4, -0.2) is 32.9 Å². The third-order valence-electron chi connectivity index (χ3n) is 4.65. The van der Waals surface area contributed by atoms with Crippen LogP contribution < -0.4 is 5.32 Å². The van der Waals surface area contributed by atoms with Gasteiger partial charge in [-0.05, 0) is 23.6 Å². The van der Waals surface area contributed by atoms with Crippen LogP contribution in [0.2, 0.25) is 0 Å². The minimum Gasteiger partial charge on any atom is -0.376 e. The molecule has 1 N–H and O–H groups in total. The number of hydrogen-bond acceptors (Lipinski definition) is 5.